The third-order valence-electron chi connectivity index (χ3n) is 4.49. The minimum absolute atomic E-state index is 0.00824. The molecule has 0 aliphatic carbocycles. The zero-order valence-electron chi connectivity index (χ0n) is 14.6. The van der Waals surface area contributed by atoms with Gasteiger partial charge in [0.15, 0.2) is 0 Å². The van der Waals surface area contributed by atoms with Gasteiger partial charge in [0.2, 0.25) is 0 Å². The molecule has 0 spiro atoms. The van der Waals surface area contributed by atoms with Crippen LogP contribution in [0.15, 0.2) is 24.4 Å². The Labute approximate surface area is 155 Å². The van der Waals surface area contributed by atoms with E-state index in [0.717, 1.165) is 11.8 Å². The Kier molecular flexibility index (Phi) is 5.27. The molecule has 8 heteroatoms. The highest BCUT2D eigenvalue weighted by atomic mass is 35.5. The number of piperazine rings is 1. The van der Waals surface area contributed by atoms with Gasteiger partial charge in [0.05, 0.1) is 23.0 Å². The van der Waals surface area contributed by atoms with Gasteiger partial charge in [-0.1, -0.05) is 25.4 Å². The van der Waals surface area contributed by atoms with Gasteiger partial charge in [0.1, 0.15) is 5.82 Å². The first kappa shape index (κ1) is 18.4. The van der Waals surface area contributed by atoms with E-state index in [1.807, 2.05) is 13.8 Å². The fourth-order valence-electron chi connectivity index (χ4n) is 3.02. The summed E-state index contributed by atoms with van der Waals surface area (Å²) < 4.78 is 14.0. The average Bonchev–Trinajstić information content (AvgIpc) is 3.11. The zero-order valence-corrected chi connectivity index (χ0v) is 15.4. The van der Waals surface area contributed by atoms with E-state index < -0.39 is 11.7 Å². The fraction of sp³-hybridized carbons (Fsp3) is 0.389. The van der Waals surface area contributed by atoms with Gasteiger partial charge < -0.3 is 9.80 Å². The molecule has 1 aromatic carbocycles. The maximum Gasteiger partial charge on any atom is 0.257 e. The third-order valence-corrected chi connectivity index (χ3v) is 4.73. The number of benzene rings is 1. The highest BCUT2D eigenvalue weighted by molar-refractivity contribution is 6.30. The summed E-state index contributed by atoms with van der Waals surface area (Å²) in [5.41, 5.74) is 1.35. The molecule has 26 heavy (non-hydrogen) atoms. The summed E-state index contributed by atoms with van der Waals surface area (Å²) in [7, 11) is 0. The fourth-order valence-corrected chi connectivity index (χ4v) is 3.18. The van der Waals surface area contributed by atoms with E-state index in [-0.39, 0.29) is 22.4 Å². The van der Waals surface area contributed by atoms with Crippen LogP contribution in [0, 0.1) is 5.82 Å². The molecule has 0 bridgehead atoms. The monoisotopic (exact) mass is 378 g/mol. The number of rotatable bonds is 3. The summed E-state index contributed by atoms with van der Waals surface area (Å²) in [6.07, 6.45) is 1.54. The number of nitrogens with one attached hydrogen (secondary N) is 1. The molecule has 0 unspecified atom stereocenters. The largest absolute Gasteiger partial charge is 0.335 e. The quantitative estimate of drug-likeness (QED) is 0.892. The van der Waals surface area contributed by atoms with Crippen LogP contribution in [0.5, 0.6) is 0 Å². The topological polar surface area (TPSA) is 69.3 Å². The van der Waals surface area contributed by atoms with Crippen LogP contribution in [0.4, 0.5) is 4.39 Å². The van der Waals surface area contributed by atoms with E-state index in [9.17, 15) is 14.0 Å². The Bertz CT molecular complexity index is 828. The Morgan fingerprint density at radius 3 is 2.23 bits per heavy atom. The standard InChI is InChI=1S/C18H20ClFN4O2/c1-11(2)16-14(10-21-22-16)18(26)24-7-5-23(6-8-24)17(25)13-4-3-12(19)9-15(13)20/h3-4,9-11H,5-8H2,1-2H3,(H,21,22). The van der Waals surface area contributed by atoms with Gasteiger partial charge in [-0.2, -0.15) is 5.10 Å². The van der Waals surface area contributed by atoms with Crippen molar-refractivity contribution < 1.29 is 14.0 Å². The summed E-state index contributed by atoms with van der Waals surface area (Å²) >= 11 is 5.73. The predicted octanol–water partition coefficient (Wildman–Crippen LogP) is 2.92. The second-order valence-corrected chi connectivity index (χ2v) is 7.00. The Morgan fingerprint density at radius 1 is 1.12 bits per heavy atom. The van der Waals surface area contributed by atoms with Crippen molar-refractivity contribution in [1.29, 1.82) is 0 Å². The summed E-state index contributed by atoms with van der Waals surface area (Å²) in [5.74, 6) is -0.974. The first-order chi connectivity index (χ1) is 12.4. The van der Waals surface area contributed by atoms with Crippen LogP contribution in [0.1, 0.15) is 46.2 Å². The molecule has 0 atom stereocenters. The molecular weight excluding hydrogens is 359 g/mol. The van der Waals surface area contributed by atoms with Crippen molar-refractivity contribution in [3.8, 4) is 0 Å². The molecule has 2 amide bonds. The molecule has 1 aromatic heterocycles. The van der Waals surface area contributed by atoms with E-state index in [1.165, 1.54) is 18.3 Å². The highest BCUT2D eigenvalue weighted by Crippen LogP contribution is 2.20. The van der Waals surface area contributed by atoms with Crippen molar-refractivity contribution in [2.45, 2.75) is 19.8 Å². The third kappa shape index (κ3) is 3.58. The van der Waals surface area contributed by atoms with Crippen LogP contribution < -0.4 is 0 Å². The molecule has 1 saturated heterocycles. The molecule has 6 nitrogen and oxygen atoms in total. The maximum absolute atomic E-state index is 14.0. The molecule has 1 aliphatic heterocycles. The number of hydrogen-bond donors (Lipinski definition) is 1. The number of nitrogens with zero attached hydrogens (tertiary/aromatic N) is 3. The molecular formula is C18H20ClFN4O2. The first-order valence-corrected chi connectivity index (χ1v) is 8.83. The number of aromatic amines is 1. The van der Waals surface area contributed by atoms with Crippen LogP contribution in [-0.4, -0.2) is 58.0 Å². The van der Waals surface area contributed by atoms with Crippen molar-refractivity contribution in [1.82, 2.24) is 20.0 Å². The van der Waals surface area contributed by atoms with Gasteiger partial charge in [-0.3, -0.25) is 14.7 Å². The number of carbonyl (C=O) groups is 2. The van der Waals surface area contributed by atoms with Gasteiger partial charge in [0.25, 0.3) is 11.8 Å². The van der Waals surface area contributed by atoms with Crippen molar-refractivity contribution in [3.63, 3.8) is 0 Å². The molecule has 1 N–H and O–H groups in total. The van der Waals surface area contributed by atoms with Gasteiger partial charge in [-0.15, -0.1) is 0 Å². The summed E-state index contributed by atoms with van der Waals surface area (Å²) in [4.78, 5) is 28.5. The lowest BCUT2D eigenvalue weighted by Gasteiger charge is -2.35. The first-order valence-electron chi connectivity index (χ1n) is 8.45. The maximum atomic E-state index is 14.0. The molecule has 138 valence electrons. The van der Waals surface area contributed by atoms with E-state index in [0.29, 0.717) is 31.7 Å². The number of amides is 2. The molecule has 0 saturated carbocycles. The summed E-state index contributed by atoms with van der Waals surface area (Å²) in [6, 6.07) is 4.00. The molecule has 3 rings (SSSR count). The molecule has 2 aromatic rings. The van der Waals surface area contributed by atoms with Gasteiger partial charge in [-0.05, 0) is 24.1 Å². The van der Waals surface area contributed by atoms with Gasteiger partial charge in [-0.25, -0.2) is 4.39 Å². The molecule has 1 aliphatic rings. The minimum atomic E-state index is -0.638. The van der Waals surface area contributed by atoms with Gasteiger partial charge >= 0.3 is 0 Å². The van der Waals surface area contributed by atoms with Crippen molar-refractivity contribution in [3.05, 3.63) is 52.1 Å². The molecule has 0 radical (unpaired) electrons. The average molecular weight is 379 g/mol. The normalized spacial score (nSPS) is 14.8. The van der Waals surface area contributed by atoms with Crippen LogP contribution in [-0.2, 0) is 0 Å². The number of H-pyrrole nitrogens is 1. The smallest absolute Gasteiger partial charge is 0.257 e. The lowest BCUT2D eigenvalue weighted by Crippen LogP contribution is -2.50. The SMILES string of the molecule is CC(C)c1[nH]ncc1C(=O)N1CCN(C(=O)c2ccc(Cl)cc2F)CC1. The van der Waals surface area contributed by atoms with Gasteiger partial charge in [0, 0.05) is 31.2 Å². The van der Waals surface area contributed by atoms with E-state index in [2.05, 4.69) is 10.2 Å². The predicted molar refractivity (Wildman–Crippen MR) is 95.9 cm³/mol. The zero-order chi connectivity index (χ0) is 18.8. The van der Waals surface area contributed by atoms with Crippen LogP contribution in [0.25, 0.3) is 0 Å². The second kappa shape index (κ2) is 7.45. The number of hydrogen-bond acceptors (Lipinski definition) is 3. The highest BCUT2D eigenvalue weighted by Gasteiger charge is 2.28. The number of carbonyl (C=O) groups excluding carboxylic acids is 2. The van der Waals surface area contributed by atoms with Crippen LogP contribution >= 0.6 is 11.6 Å². The van der Waals surface area contributed by atoms with E-state index >= 15 is 0 Å². The molecule has 1 fully saturated rings. The van der Waals surface area contributed by atoms with Crippen molar-refractivity contribution >= 4 is 23.4 Å². The lowest BCUT2D eigenvalue weighted by molar-refractivity contribution is 0.0532. The number of halogens is 2. The van der Waals surface area contributed by atoms with Crippen molar-refractivity contribution in [2.75, 3.05) is 26.2 Å². The minimum Gasteiger partial charge on any atom is -0.335 e. The second-order valence-electron chi connectivity index (χ2n) is 6.56. The van der Waals surface area contributed by atoms with Crippen LogP contribution in [0.3, 0.4) is 0 Å². The Hall–Kier alpha value is -2.41. The Morgan fingerprint density at radius 2 is 1.69 bits per heavy atom. The number of aromatic nitrogens is 2. The van der Waals surface area contributed by atoms with E-state index in [1.54, 1.807) is 9.80 Å². The summed E-state index contributed by atoms with van der Waals surface area (Å²) in [5, 5.41) is 7.09. The Balaban J connectivity index is 1.66. The summed E-state index contributed by atoms with van der Waals surface area (Å²) in [6.45, 7) is 5.46. The lowest BCUT2D eigenvalue weighted by atomic mass is 10.1. The van der Waals surface area contributed by atoms with Crippen LogP contribution in [0.2, 0.25) is 5.02 Å². The molecule has 2 heterocycles. The van der Waals surface area contributed by atoms with Crippen molar-refractivity contribution in [2.24, 2.45) is 0 Å². The van der Waals surface area contributed by atoms with E-state index in [4.69, 9.17) is 11.6 Å².